The van der Waals surface area contributed by atoms with Gasteiger partial charge in [0.15, 0.2) is 0 Å². The number of hydrogen-bond acceptors (Lipinski definition) is 6. The molecule has 2 heterocycles. The van der Waals surface area contributed by atoms with E-state index in [1.807, 2.05) is 61.5 Å². The average Bonchev–Trinajstić information content (AvgIpc) is 2.85. The summed E-state index contributed by atoms with van der Waals surface area (Å²) >= 11 is 0. The van der Waals surface area contributed by atoms with Gasteiger partial charge in [-0.1, -0.05) is 18.2 Å². The highest BCUT2D eigenvalue weighted by molar-refractivity contribution is 7.84. The number of benzene rings is 2. The monoisotopic (exact) mass is 477 g/mol. The molecular weight excluding hydrogens is 446 g/mol. The Bertz CT molecular complexity index is 1160. The number of aromatic nitrogens is 1. The quantitative estimate of drug-likeness (QED) is 0.562. The zero-order valence-corrected chi connectivity index (χ0v) is 20.7. The van der Waals surface area contributed by atoms with Crippen LogP contribution in [-0.2, 0) is 16.6 Å². The van der Waals surface area contributed by atoms with Crippen LogP contribution in [0.2, 0.25) is 0 Å². The van der Waals surface area contributed by atoms with Crippen LogP contribution in [0.25, 0.3) is 0 Å². The number of likely N-dealkylation sites (N-methyl/N-ethyl adjacent to an activating group) is 1. The van der Waals surface area contributed by atoms with Gasteiger partial charge in [0.05, 0.1) is 32.7 Å². The second-order valence-corrected chi connectivity index (χ2v) is 10.1. The average molecular weight is 478 g/mol. The summed E-state index contributed by atoms with van der Waals surface area (Å²) in [7, 11) is 4.72. The first-order valence-electron chi connectivity index (χ1n) is 11.3. The maximum atomic E-state index is 13.7. The second kappa shape index (κ2) is 10.8. The minimum atomic E-state index is -1.36. The van der Waals surface area contributed by atoms with E-state index in [1.165, 1.54) is 6.20 Å². The van der Waals surface area contributed by atoms with Crippen molar-refractivity contribution in [2.45, 2.75) is 10.6 Å². The molecule has 1 aliphatic rings. The molecule has 1 fully saturated rings. The first-order chi connectivity index (χ1) is 16.4. The van der Waals surface area contributed by atoms with Gasteiger partial charge in [-0.25, -0.2) is 0 Å². The van der Waals surface area contributed by atoms with E-state index in [9.17, 15) is 9.00 Å². The van der Waals surface area contributed by atoms with Crippen LogP contribution >= 0.6 is 0 Å². The molecule has 178 valence electrons. The van der Waals surface area contributed by atoms with Crippen molar-refractivity contribution < 1.29 is 9.00 Å². The molecule has 0 bridgehead atoms. The van der Waals surface area contributed by atoms with Gasteiger partial charge in [-0.15, -0.1) is 0 Å². The lowest BCUT2D eigenvalue weighted by atomic mass is 10.2. The second-order valence-electron chi connectivity index (χ2n) is 8.68. The van der Waals surface area contributed by atoms with E-state index in [0.717, 1.165) is 43.1 Å². The first-order valence-corrected chi connectivity index (χ1v) is 12.7. The fraction of sp³-hybridized carbons (Fsp3) is 0.308. The zero-order chi connectivity index (χ0) is 24.1. The number of anilines is 3. The van der Waals surface area contributed by atoms with Gasteiger partial charge < -0.3 is 20.0 Å². The van der Waals surface area contributed by atoms with Crippen molar-refractivity contribution in [1.29, 1.82) is 0 Å². The lowest BCUT2D eigenvalue weighted by molar-refractivity contribution is 0.102. The molecule has 0 spiro atoms. The largest absolute Gasteiger partial charge is 0.377 e. The smallest absolute Gasteiger partial charge is 0.257 e. The molecule has 1 atom stereocenters. The number of para-hydroxylation sites is 1. The molecule has 1 amide bonds. The number of amides is 1. The van der Waals surface area contributed by atoms with Gasteiger partial charge >= 0.3 is 0 Å². The molecule has 3 aromatic rings. The van der Waals surface area contributed by atoms with Gasteiger partial charge in [-0.05, 0) is 49.0 Å². The van der Waals surface area contributed by atoms with E-state index in [-0.39, 0.29) is 5.91 Å². The van der Waals surface area contributed by atoms with Crippen molar-refractivity contribution in [2.75, 3.05) is 62.4 Å². The molecule has 1 saturated heterocycles. The Labute approximate surface area is 203 Å². The SMILES string of the molecule is CN1CCN(c2ccc(NC(=O)c3cccnc3)c(S(=O)Cc3ccccc3N(C)C)c2)CC1. The van der Waals surface area contributed by atoms with Crippen molar-refractivity contribution in [1.82, 2.24) is 9.88 Å². The molecule has 4 rings (SSSR count). The Hall–Kier alpha value is -3.23. The molecule has 7 nitrogen and oxygen atoms in total. The fourth-order valence-electron chi connectivity index (χ4n) is 4.04. The van der Waals surface area contributed by atoms with Crippen LogP contribution in [0, 0.1) is 0 Å². The molecule has 0 aliphatic carbocycles. The van der Waals surface area contributed by atoms with E-state index >= 15 is 0 Å². The molecule has 1 N–H and O–H groups in total. The highest BCUT2D eigenvalue weighted by Crippen LogP contribution is 2.30. The number of nitrogens with one attached hydrogen (secondary N) is 1. The zero-order valence-electron chi connectivity index (χ0n) is 19.9. The number of pyridine rings is 1. The maximum absolute atomic E-state index is 13.7. The van der Waals surface area contributed by atoms with Gasteiger partial charge in [0.2, 0.25) is 0 Å². The lowest BCUT2D eigenvalue weighted by Gasteiger charge is -2.34. The summed E-state index contributed by atoms with van der Waals surface area (Å²) in [6, 6.07) is 17.3. The first kappa shape index (κ1) is 23.9. The van der Waals surface area contributed by atoms with Crippen LogP contribution in [0.5, 0.6) is 0 Å². The Kier molecular flexibility index (Phi) is 7.59. The van der Waals surface area contributed by atoms with E-state index in [4.69, 9.17) is 0 Å². The normalized spacial score (nSPS) is 15.1. The number of hydrogen-bond donors (Lipinski definition) is 1. The molecule has 34 heavy (non-hydrogen) atoms. The predicted octanol–water partition coefficient (Wildman–Crippen LogP) is 3.46. The Morgan fingerprint density at radius 3 is 2.53 bits per heavy atom. The lowest BCUT2D eigenvalue weighted by Crippen LogP contribution is -2.44. The number of carbonyl (C=O) groups is 1. The minimum Gasteiger partial charge on any atom is -0.377 e. The van der Waals surface area contributed by atoms with Gasteiger partial charge in [0, 0.05) is 64.0 Å². The summed E-state index contributed by atoms with van der Waals surface area (Å²) < 4.78 is 13.7. The highest BCUT2D eigenvalue weighted by Gasteiger charge is 2.20. The highest BCUT2D eigenvalue weighted by atomic mass is 32.2. The molecule has 8 heteroatoms. The van der Waals surface area contributed by atoms with E-state index in [0.29, 0.717) is 21.9 Å². The minimum absolute atomic E-state index is 0.271. The number of piperazine rings is 1. The van der Waals surface area contributed by atoms with E-state index < -0.39 is 10.8 Å². The van der Waals surface area contributed by atoms with Crippen molar-refractivity contribution >= 4 is 33.8 Å². The topological polar surface area (TPSA) is 68.8 Å². The molecule has 0 saturated carbocycles. The summed E-state index contributed by atoms with van der Waals surface area (Å²) in [5, 5.41) is 2.96. The Morgan fingerprint density at radius 1 is 1.06 bits per heavy atom. The van der Waals surface area contributed by atoms with Crippen LogP contribution in [0.3, 0.4) is 0 Å². The van der Waals surface area contributed by atoms with Crippen molar-refractivity contribution in [3.63, 3.8) is 0 Å². The molecule has 0 radical (unpaired) electrons. The summed E-state index contributed by atoms with van der Waals surface area (Å²) in [6.45, 7) is 3.78. The van der Waals surface area contributed by atoms with Crippen LogP contribution in [0.4, 0.5) is 17.1 Å². The summed E-state index contributed by atoms with van der Waals surface area (Å²) in [4.78, 5) is 24.1. The number of rotatable bonds is 7. The Balaban J connectivity index is 1.66. The van der Waals surface area contributed by atoms with Crippen molar-refractivity contribution in [2.24, 2.45) is 0 Å². The fourth-order valence-corrected chi connectivity index (χ4v) is 5.34. The molecule has 2 aromatic carbocycles. The summed E-state index contributed by atoms with van der Waals surface area (Å²) in [5.41, 5.74) is 4.08. The maximum Gasteiger partial charge on any atom is 0.257 e. The molecule has 1 aliphatic heterocycles. The van der Waals surface area contributed by atoms with Crippen LogP contribution in [-0.4, -0.2) is 67.3 Å². The van der Waals surface area contributed by atoms with Gasteiger partial charge in [0.25, 0.3) is 5.91 Å². The van der Waals surface area contributed by atoms with Gasteiger partial charge in [-0.3, -0.25) is 14.0 Å². The number of nitrogens with zero attached hydrogens (tertiary/aromatic N) is 4. The van der Waals surface area contributed by atoms with E-state index in [2.05, 4.69) is 27.1 Å². The molecule has 1 unspecified atom stereocenters. The van der Waals surface area contributed by atoms with Crippen LogP contribution in [0.15, 0.2) is 71.9 Å². The Morgan fingerprint density at radius 2 is 1.82 bits per heavy atom. The van der Waals surface area contributed by atoms with Crippen molar-refractivity contribution in [3.05, 3.63) is 78.1 Å². The predicted molar refractivity (Wildman–Crippen MR) is 139 cm³/mol. The van der Waals surface area contributed by atoms with Crippen molar-refractivity contribution in [3.8, 4) is 0 Å². The summed E-state index contributed by atoms with van der Waals surface area (Å²) in [5.74, 6) is 0.0865. The van der Waals surface area contributed by atoms with E-state index in [1.54, 1.807) is 18.3 Å². The third-order valence-electron chi connectivity index (χ3n) is 6.01. The summed E-state index contributed by atoms with van der Waals surface area (Å²) in [6.07, 6.45) is 3.15. The third-order valence-corrected chi connectivity index (χ3v) is 7.41. The standard InChI is InChI=1S/C26H31N5O2S/c1-29(2)24-9-5-4-7-21(24)19-34(33)25-17-22(31-15-13-30(3)14-16-31)10-11-23(25)28-26(32)20-8-6-12-27-18-20/h4-12,17-18H,13-16,19H2,1-3H3,(H,28,32). The van der Waals surface area contributed by atoms with Gasteiger partial charge in [0.1, 0.15) is 0 Å². The van der Waals surface area contributed by atoms with Crippen LogP contribution < -0.4 is 15.1 Å². The third kappa shape index (κ3) is 5.63. The molecular formula is C26H31N5O2S. The number of carbonyl (C=O) groups excluding carboxylic acids is 1. The van der Waals surface area contributed by atoms with Crippen LogP contribution in [0.1, 0.15) is 15.9 Å². The van der Waals surface area contributed by atoms with Gasteiger partial charge in [-0.2, -0.15) is 0 Å². The molecule has 1 aromatic heterocycles.